The molecule has 56 valence electrons. The van der Waals surface area contributed by atoms with Gasteiger partial charge in [0.05, 0.1) is 0 Å². The monoisotopic (exact) mass is 149 g/mol. The minimum Gasteiger partial charge on any atom is -0.310 e. The van der Waals surface area contributed by atoms with Crippen LogP contribution in [0.15, 0.2) is 24.8 Å². The van der Waals surface area contributed by atoms with E-state index in [9.17, 15) is 0 Å². The standard InChI is InChI=1S/C6H7N5/c7-10-6-2-1-5-9-3-8-4-11(5)6/h1-4,10H,7H2. The van der Waals surface area contributed by atoms with E-state index in [1.165, 1.54) is 6.33 Å². The molecule has 0 amide bonds. The molecule has 0 spiro atoms. The minimum absolute atomic E-state index is 0.778. The lowest BCUT2D eigenvalue weighted by Gasteiger charge is -1.97. The molecule has 5 nitrogen and oxygen atoms in total. The number of nitrogens with two attached hydrogens (primary N) is 1. The van der Waals surface area contributed by atoms with E-state index < -0.39 is 0 Å². The van der Waals surface area contributed by atoms with Crippen LogP contribution in [0.2, 0.25) is 0 Å². The number of hydrazine groups is 1. The van der Waals surface area contributed by atoms with Crippen molar-refractivity contribution in [3.05, 3.63) is 24.8 Å². The normalized spacial score (nSPS) is 10.3. The lowest BCUT2D eigenvalue weighted by molar-refractivity contribution is 1.02. The van der Waals surface area contributed by atoms with Crippen LogP contribution in [-0.4, -0.2) is 14.4 Å². The molecule has 0 atom stereocenters. The maximum absolute atomic E-state index is 5.23. The first-order valence-electron chi connectivity index (χ1n) is 3.15. The molecule has 0 radical (unpaired) electrons. The van der Waals surface area contributed by atoms with E-state index in [1.807, 2.05) is 12.1 Å². The first-order chi connectivity index (χ1) is 5.42. The molecule has 5 heteroatoms. The fraction of sp³-hybridized carbons (Fsp3) is 0. The minimum atomic E-state index is 0.778. The lowest BCUT2D eigenvalue weighted by Crippen LogP contribution is -2.09. The van der Waals surface area contributed by atoms with Gasteiger partial charge in [-0.1, -0.05) is 0 Å². The highest BCUT2D eigenvalue weighted by molar-refractivity contribution is 5.51. The fourth-order valence-electron chi connectivity index (χ4n) is 0.971. The van der Waals surface area contributed by atoms with Gasteiger partial charge in [0.2, 0.25) is 0 Å². The molecule has 2 aromatic rings. The summed E-state index contributed by atoms with van der Waals surface area (Å²) in [7, 11) is 0. The number of anilines is 1. The van der Waals surface area contributed by atoms with Crippen LogP contribution < -0.4 is 11.3 Å². The van der Waals surface area contributed by atoms with E-state index in [2.05, 4.69) is 15.4 Å². The highest BCUT2D eigenvalue weighted by Crippen LogP contribution is 2.09. The highest BCUT2D eigenvalue weighted by Gasteiger charge is 1.97. The Morgan fingerprint density at radius 1 is 1.45 bits per heavy atom. The molecule has 2 aromatic heterocycles. The molecule has 3 N–H and O–H groups in total. The maximum atomic E-state index is 5.23. The van der Waals surface area contributed by atoms with Crippen molar-refractivity contribution < 1.29 is 0 Å². The van der Waals surface area contributed by atoms with E-state index in [4.69, 9.17) is 5.84 Å². The number of fused-ring (bicyclic) bond motifs is 1. The van der Waals surface area contributed by atoms with Crippen molar-refractivity contribution in [2.45, 2.75) is 0 Å². The van der Waals surface area contributed by atoms with Gasteiger partial charge >= 0.3 is 0 Å². The zero-order valence-corrected chi connectivity index (χ0v) is 5.73. The number of hydrogen-bond acceptors (Lipinski definition) is 4. The van der Waals surface area contributed by atoms with E-state index in [0.29, 0.717) is 0 Å². The van der Waals surface area contributed by atoms with Gasteiger partial charge in [0, 0.05) is 0 Å². The predicted octanol–water partition coefficient (Wildman–Crippen LogP) is 0.0149. The maximum Gasteiger partial charge on any atom is 0.141 e. The molecule has 2 heterocycles. The molecular formula is C6H7N5. The Balaban J connectivity index is 2.76. The van der Waals surface area contributed by atoms with Crippen molar-refractivity contribution in [1.82, 2.24) is 14.4 Å². The van der Waals surface area contributed by atoms with Crippen molar-refractivity contribution in [2.24, 2.45) is 5.84 Å². The van der Waals surface area contributed by atoms with Crippen molar-refractivity contribution >= 4 is 11.5 Å². The van der Waals surface area contributed by atoms with Crippen molar-refractivity contribution in [3.8, 4) is 0 Å². The summed E-state index contributed by atoms with van der Waals surface area (Å²) in [6, 6.07) is 3.70. The number of nitrogen functional groups attached to an aromatic ring is 1. The summed E-state index contributed by atoms with van der Waals surface area (Å²) in [6.45, 7) is 0. The van der Waals surface area contributed by atoms with Crippen LogP contribution in [0.25, 0.3) is 5.65 Å². The third-order valence-electron chi connectivity index (χ3n) is 1.48. The van der Waals surface area contributed by atoms with Gasteiger partial charge in [-0.15, -0.1) is 0 Å². The molecule has 0 bridgehead atoms. The van der Waals surface area contributed by atoms with E-state index in [0.717, 1.165) is 11.5 Å². The second kappa shape index (κ2) is 2.21. The highest BCUT2D eigenvalue weighted by atomic mass is 15.3. The number of rotatable bonds is 1. The number of nitrogens with zero attached hydrogens (tertiary/aromatic N) is 3. The third-order valence-corrected chi connectivity index (χ3v) is 1.48. The second-order valence-corrected chi connectivity index (χ2v) is 2.10. The van der Waals surface area contributed by atoms with Gasteiger partial charge in [0.1, 0.15) is 24.1 Å². The number of nitrogens with one attached hydrogen (secondary N) is 1. The molecule has 0 aromatic carbocycles. The number of aromatic nitrogens is 3. The average molecular weight is 149 g/mol. The summed E-state index contributed by atoms with van der Waals surface area (Å²) in [5.74, 6) is 6.01. The van der Waals surface area contributed by atoms with Crippen LogP contribution in [0, 0.1) is 0 Å². The van der Waals surface area contributed by atoms with Crippen LogP contribution in [0.1, 0.15) is 0 Å². The zero-order chi connectivity index (χ0) is 7.68. The Hall–Kier alpha value is -1.62. The molecule has 0 saturated heterocycles. The van der Waals surface area contributed by atoms with Gasteiger partial charge in [0.25, 0.3) is 0 Å². The molecule has 0 fully saturated rings. The Morgan fingerprint density at radius 2 is 2.36 bits per heavy atom. The summed E-state index contributed by atoms with van der Waals surface area (Å²) in [4.78, 5) is 7.86. The first kappa shape index (κ1) is 6.11. The van der Waals surface area contributed by atoms with E-state index in [-0.39, 0.29) is 0 Å². The molecule has 0 aliphatic carbocycles. The number of hydrogen-bond donors (Lipinski definition) is 2. The van der Waals surface area contributed by atoms with Gasteiger partial charge in [-0.2, -0.15) is 0 Å². The van der Waals surface area contributed by atoms with Gasteiger partial charge < -0.3 is 5.43 Å². The third kappa shape index (κ3) is 0.821. The SMILES string of the molecule is NNc1ccc2ncncn12. The molecule has 2 rings (SSSR count). The molecule has 0 saturated carbocycles. The van der Waals surface area contributed by atoms with Crippen LogP contribution in [0.4, 0.5) is 5.82 Å². The van der Waals surface area contributed by atoms with Crippen LogP contribution >= 0.6 is 0 Å². The van der Waals surface area contributed by atoms with Gasteiger partial charge in [0.15, 0.2) is 0 Å². The Labute approximate surface area is 62.8 Å². The summed E-state index contributed by atoms with van der Waals surface area (Å²) >= 11 is 0. The summed E-state index contributed by atoms with van der Waals surface area (Å²) in [6.07, 6.45) is 3.15. The summed E-state index contributed by atoms with van der Waals surface area (Å²) in [5.41, 5.74) is 3.36. The largest absolute Gasteiger partial charge is 0.310 e. The Morgan fingerprint density at radius 3 is 3.18 bits per heavy atom. The molecule has 11 heavy (non-hydrogen) atoms. The molecular weight excluding hydrogens is 142 g/mol. The Bertz CT molecular complexity index is 366. The second-order valence-electron chi connectivity index (χ2n) is 2.10. The summed E-state index contributed by atoms with van der Waals surface area (Å²) < 4.78 is 1.76. The van der Waals surface area contributed by atoms with Crippen LogP contribution in [-0.2, 0) is 0 Å². The molecule has 0 unspecified atom stereocenters. The zero-order valence-electron chi connectivity index (χ0n) is 5.73. The quantitative estimate of drug-likeness (QED) is 0.443. The predicted molar refractivity (Wildman–Crippen MR) is 40.8 cm³/mol. The lowest BCUT2D eigenvalue weighted by atomic mass is 10.6. The van der Waals surface area contributed by atoms with Crippen molar-refractivity contribution in [3.63, 3.8) is 0 Å². The van der Waals surface area contributed by atoms with Gasteiger partial charge in [-0.05, 0) is 12.1 Å². The van der Waals surface area contributed by atoms with Gasteiger partial charge in [-0.3, -0.25) is 4.40 Å². The summed E-state index contributed by atoms with van der Waals surface area (Å²) in [5, 5.41) is 0. The van der Waals surface area contributed by atoms with Crippen molar-refractivity contribution in [2.75, 3.05) is 5.43 Å². The smallest absolute Gasteiger partial charge is 0.141 e. The topological polar surface area (TPSA) is 68.2 Å². The fourth-order valence-corrected chi connectivity index (χ4v) is 0.971. The van der Waals surface area contributed by atoms with Crippen molar-refractivity contribution in [1.29, 1.82) is 0 Å². The molecule has 0 aliphatic rings. The Kier molecular flexibility index (Phi) is 1.23. The van der Waals surface area contributed by atoms with Crippen LogP contribution in [0.5, 0.6) is 0 Å². The molecule has 0 aliphatic heterocycles. The average Bonchev–Trinajstić information content (AvgIpc) is 2.47. The van der Waals surface area contributed by atoms with Gasteiger partial charge in [-0.25, -0.2) is 15.8 Å². The first-order valence-corrected chi connectivity index (χ1v) is 3.15. The van der Waals surface area contributed by atoms with E-state index in [1.54, 1.807) is 10.7 Å². The van der Waals surface area contributed by atoms with Crippen LogP contribution in [0.3, 0.4) is 0 Å². The van der Waals surface area contributed by atoms with E-state index >= 15 is 0 Å².